The van der Waals surface area contributed by atoms with Crippen LogP contribution in [0.5, 0.6) is 0 Å². The van der Waals surface area contributed by atoms with Crippen molar-refractivity contribution in [3.63, 3.8) is 0 Å². The van der Waals surface area contributed by atoms with Crippen LogP contribution in [-0.2, 0) is 0 Å². The number of hydrogen-bond donors (Lipinski definition) is 0. The molecule has 0 aliphatic rings. The minimum Gasteiger partial charge on any atom is -0.303 e. The average molecular weight is 150 g/mol. The zero-order valence-electron chi connectivity index (χ0n) is 8.33. The third-order valence-electron chi connectivity index (χ3n) is 1.96. The Morgan fingerprint density at radius 3 is 2.64 bits per heavy atom. The third-order valence-corrected chi connectivity index (χ3v) is 1.96. The number of benzene rings is 1. The van der Waals surface area contributed by atoms with Gasteiger partial charge in [-0.05, 0) is 26.6 Å². The van der Waals surface area contributed by atoms with Gasteiger partial charge in [0.1, 0.15) is 0 Å². The second kappa shape index (κ2) is 3.54. The van der Waals surface area contributed by atoms with Crippen LogP contribution in [-0.4, -0.2) is 19.0 Å². The largest absolute Gasteiger partial charge is 0.303 e. The fourth-order valence-electron chi connectivity index (χ4n) is 0.945. The fraction of sp³-hybridized carbons (Fsp3) is 0.400. The molecule has 0 radical (unpaired) electrons. The number of rotatable bonds is 2. The maximum Gasteiger partial charge on any atom is 0.0626 e. The lowest BCUT2D eigenvalue weighted by Gasteiger charge is -2.19. The van der Waals surface area contributed by atoms with Gasteiger partial charge in [-0.1, -0.05) is 30.3 Å². The molecular weight excluding hydrogens is 134 g/mol. The summed E-state index contributed by atoms with van der Waals surface area (Å²) in [4.78, 5) is 2.10. The smallest absolute Gasteiger partial charge is 0.0626 e. The molecule has 0 unspecified atom stereocenters. The van der Waals surface area contributed by atoms with Gasteiger partial charge < -0.3 is 4.90 Å². The average Bonchev–Trinajstić information content (AvgIpc) is 2.04. The normalized spacial score (nSPS) is 14.7. The molecule has 0 spiro atoms. The van der Waals surface area contributed by atoms with E-state index in [1.165, 1.54) is 0 Å². The Bertz CT molecular complexity index is 258. The van der Waals surface area contributed by atoms with E-state index in [1.807, 2.05) is 38.4 Å². The third kappa shape index (κ3) is 2.05. The van der Waals surface area contributed by atoms with Crippen LogP contribution >= 0.6 is 0 Å². The highest BCUT2D eigenvalue weighted by atomic mass is 15.1. The van der Waals surface area contributed by atoms with E-state index in [9.17, 15) is 0 Å². The summed E-state index contributed by atoms with van der Waals surface area (Å²) in [7, 11) is 4.05. The Kier molecular flexibility index (Phi) is 2.21. The van der Waals surface area contributed by atoms with Crippen molar-refractivity contribution in [1.82, 2.24) is 4.90 Å². The molecule has 0 aromatic heterocycles. The van der Waals surface area contributed by atoms with Gasteiger partial charge in [-0.3, -0.25) is 0 Å². The molecule has 0 bridgehead atoms. The summed E-state index contributed by atoms with van der Waals surface area (Å²) >= 11 is 0. The SMILES string of the molecule is [2H]c1ccccc1[C@@H](C)N(C)C. The maximum absolute atomic E-state index is 7.67. The van der Waals surface area contributed by atoms with Crippen LogP contribution in [0, 0.1) is 0 Å². The Morgan fingerprint density at radius 1 is 1.36 bits per heavy atom. The topological polar surface area (TPSA) is 3.24 Å². The van der Waals surface area contributed by atoms with Crippen molar-refractivity contribution in [2.24, 2.45) is 0 Å². The molecular formula is C10H15N. The summed E-state index contributed by atoms with van der Waals surface area (Å²) in [5.41, 5.74) is 1.09. The van der Waals surface area contributed by atoms with Crippen molar-refractivity contribution in [2.75, 3.05) is 14.1 Å². The summed E-state index contributed by atoms with van der Waals surface area (Å²) in [6.07, 6.45) is 0. The molecule has 11 heavy (non-hydrogen) atoms. The van der Waals surface area contributed by atoms with Gasteiger partial charge in [-0.2, -0.15) is 0 Å². The lowest BCUT2D eigenvalue weighted by Crippen LogP contribution is -2.16. The zero-order valence-corrected chi connectivity index (χ0v) is 7.33. The fourth-order valence-corrected chi connectivity index (χ4v) is 0.945. The molecule has 0 heterocycles. The van der Waals surface area contributed by atoms with Crippen LogP contribution in [0.3, 0.4) is 0 Å². The van der Waals surface area contributed by atoms with Crippen LogP contribution in [0.15, 0.2) is 30.3 Å². The highest BCUT2D eigenvalue weighted by Gasteiger charge is 2.04. The second-order valence-electron chi connectivity index (χ2n) is 2.96. The van der Waals surface area contributed by atoms with Crippen LogP contribution in [0.4, 0.5) is 0 Å². The Balaban J connectivity index is 2.94. The van der Waals surface area contributed by atoms with Gasteiger partial charge in [-0.15, -0.1) is 0 Å². The maximum atomic E-state index is 7.67. The van der Waals surface area contributed by atoms with E-state index in [-0.39, 0.29) is 0 Å². The summed E-state index contributed by atoms with van der Waals surface area (Å²) in [5, 5.41) is 0. The van der Waals surface area contributed by atoms with Crippen LogP contribution < -0.4 is 0 Å². The summed E-state index contributed by atoms with van der Waals surface area (Å²) in [6, 6.07) is 8.65. The molecule has 0 saturated heterocycles. The lowest BCUT2D eigenvalue weighted by molar-refractivity contribution is 0.321. The second-order valence-corrected chi connectivity index (χ2v) is 2.96. The van der Waals surface area contributed by atoms with E-state index in [0.29, 0.717) is 12.1 Å². The highest BCUT2D eigenvalue weighted by Crippen LogP contribution is 2.15. The molecule has 1 aromatic rings. The van der Waals surface area contributed by atoms with Gasteiger partial charge in [0.25, 0.3) is 0 Å². The first-order valence-electron chi connectivity index (χ1n) is 4.35. The zero-order chi connectivity index (χ0) is 9.14. The number of hydrogen-bond acceptors (Lipinski definition) is 1. The predicted octanol–water partition coefficient (Wildman–Crippen LogP) is 2.31. The van der Waals surface area contributed by atoms with Crippen molar-refractivity contribution in [3.8, 4) is 0 Å². The van der Waals surface area contributed by atoms with E-state index in [4.69, 9.17) is 1.37 Å². The van der Waals surface area contributed by atoms with Crippen molar-refractivity contribution in [1.29, 1.82) is 0 Å². The standard InChI is InChI=1S/C10H15N/c1-9(11(2)3)10-7-5-4-6-8-10/h4-9H,1-3H3/t9-/m1/s1/i7D. The Hall–Kier alpha value is -0.820. The van der Waals surface area contributed by atoms with Crippen molar-refractivity contribution >= 4 is 0 Å². The number of nitrogens with zero attached hydrogens (tertiary/aromatic N) is 1. The molecule has 0 aliphatic carbocycles. The molecule has 1 rings (SSSR count). The Labute approximate surface area is 70.1 Å². The first-order chi connectivity index (χ1) is 5.63. The van der Waals surface area contributed by atoms with E-state index >= 15 is 0 Å². The lowest BCUT2D eigenvalue weighted by atomic mass is 10.1. The van der Waals surface area contributed by atoms with E-state index in [1.54, 1.807) is 0 Å². The molecule has 0 aliphatic heterocycles. The summed E-state index contributed by atoms with van der Waals surface area (Å²) in [5.74, 6) is 0. The van der Waals surface area contributed by atoms with Crippen LogP contribution in [0.25, 0.3) is 0 Å². The molecule has 60 valence electrons. The van der Waals surface area contributed by atoms with Gasteiger partial charge in [-0.25, -0.2) is 0 Å². The van der Waals surface area contributed by atoms with Crippen molar-refractivity contribution in [3.05, 3.63) is 35.9 Å². The molecule has 1 nitrogen and oxygen atoms in total. The Morgan fingerprint density at radius 2 is 2.09 bits per heavy atom. The quantitative estimate of drug-likeness (QED) is 0.625. The van der Waals surface area contributed by atoms with Crippen molar-refractivity contribution in [2.45, 2.75) is 13.0 Å². The van der Waals surface area contributed by atoms with Crippen LogP contribution in [0.2, 0.25) is 0 Å². The van der Waals surface area contributed by atoms with Gasteiger partial charge in [0.15, 0.2) is 0 Å². The molecule has 0 saturated carbocycles. The molecule has 0 N–H and O–H groups in total. The molecule has 0 fully saturated rings. The van der Waals surface area contributed by atoms with Crippen molar-refractivity contribution < 1.29 is 1.37 Å². The summed E-state index contributed by atoms with van der Waals surface area (Å²) < 4.78 is 7.67. The highest BCUT2D eigenvalue weighted by molar-refractivity contribution is 5.17. The van der Waals surface area contributed by atoms with E-state index in [2.05, 4.69) is 11.8 Å². The van der Waals surface area contributed by atoms with Crippen LogP contribution in [0.1, 0.15) is 19.9 Å². The summed E-state index contributed by atoms with van der Waals surface area (Å²) in [6.45, 7) is 2.10. The first-order valence-corrected chi connectivity index (χ1v) is 3.85. The van der Waals surface area contributed by atoms with Gasteiger partial charge in [0.2, 0.25) is 0 Å². The predicted molar refractivity (Wildman–Crippen MR) is 48.5 cm³/mol. The van der Waals surface area contributed by atoms with Gasteiger partial charge >= 0.3 is 0 Å². The van der Waals surface area contributed by atoms with E-state index < -0.39 is 0 Å². The van der Waals surface area contributed by atoms with Gasteiger partial charge in [0, 0.05) is 6.04 Å². The molecule has 0 amide bonds. The minimum absolute atomic E-state index is 0.318. The molecule has 1 atom stereocenters. The monoisotopic (exact) mass is 150 g/mol. The molecule has 1 heteroatoms. The first kappa shape index (κ1) is 6.86. The minimum atomic E-state index is 0.318. The van der Waals surface area contributed by atoms with E-state index in [0.717, 1.165) is 5.56 Å². The van der Waals surface area contributed by atoms with Gasteiger partial charge in [0.05, 0.1) is 1.37 Å². The molecule has 1 aromatic carbocycles.